The number of rotatable bonds is 2. The third-order valence-electron chi connectivity index (χ3n) is 1.64. The Bertz CT molecular complexity index is 293. The lowest BCUT2D eigenvalue weighted by atomic mass is 10.1. The lowest BCUT2D eigenvalue weighted by Gasteiger charge is -2.14. The molecule has 6 heteroatoms. The van der Waals surface area contributed by atoms with Crippen LogP contribution in [-0.2, 0) is 6.42 Å². The second kappa shape index (κ2) is 3.91. The largest absolute Gasteiger partial charge is 0.404 e. The molecular weight excluding hydrogens is 200 g/mol. The lowest BCUT2D eigenvalue weighted by molar-refractivity contribution is -0.147. The minimum absolute atomic E-state index is 0.122. The fraction of sp³-hybridized carbons (Fsp3) is 0.375. The van der Waals surface area contributed by atoms with Crippen molar-refractivity contribution in [2.75, 3.05) is 0 Å². The highest BCUT2D eigenvalue weighted by Crippen LogP contribution is 2.20. The molecule has 0 spiro atoms. The molecule has 14 heavy (non-hydrogen) atoms. The van der Waals surface area contributed by atoms with Crippen molar-refractivity contribution < 1.29 is 17.6 Å². The number of halogens is 4. The van der Waals surface area contributed by atoms with Gasteiger partial charge >= 0.3 is 6.18 Å². The molecule has 0 radical (unpaired) electrons. The number of aromatic nitrogens is 1. The topological polar surface area (TPSA) is 38.9 Å². The molecule has 0 aliphatic rings. The Hall–Kier alpha value is -1.17. The smallest absolute Gasteiger partial charge is 0.320 e. The van der Waals surface area contributed by atoms with Gasteiger partial charge in [0.15, 0.2) is 0 Å². The van der Waals surface area contributed by atoms with Crippen molar-refractivity contribution in [1.82, 2.24) is 4.98 Å². The number of hydrogen-bond acceptors (Lipinski definition) is 2. The van der Waals surface area contributed by atoms with E-state index in [-0.39, 0.29) is 5.69 Å². The molecule has 2 N–H and O–H groups in total. The van der Waals surface area contributed by atoms with Gasteiger partial charge in [-0.05, 0) is 12.1 Å². The molecule has 0 fully saturated rings. The Kier molecular flexibility index (Phi) is 3.05. The summed E-state index contributed by atoms with van der Waals surface area (Å²) >= 11 is 0. The summed E-state index contributed by atoms with van der Waals surface area (Å²) in [6.45, 7) is 0. The highest BCUT2D eigenvalue weighted by atomic mass is 19.4. The SMILES string of the molecule is NC(Cc1ccc(F)cn1)C(F)(F)F. The van der Waals surface area contributed by atoms with Crippen molar-refractivity contribution in [3.05, 3.63) is 29.8 Å². The van der Waals surface area contributed by atoms with Gasteiger partial charge in [-0.1, -0.05) is 0 Å². The normalized spacial score (nSPS) is 14.1. The van der Waals surface area contributed by atoms with E-state index in [1.165, 1.54) is 6.07 Å². The first-order valence-electron chi connectivity index (χ1n) is 3.82. The summed E-state index contributed by atoms with van der Waals surface area (Å²) < 4.78 is 48.3. The van der Waals surface area contributed by atoms with Gasteiger partial charge in [0.25, 0.3) is 0 Å². The Morgan fingerprint density at radius 1 is 1.36 bits per heavy atom. The van der Waals surface area contributed by atoms with Crippen LogP contribution >= 0.6 is 0 Å². The first-order valence-corrected chi connectivity index (χ1v) is 3.82. The minimum atomic E-state index is -4.45. The van der Waals surface area contributed by atoms with Gasteiger partial charge in [0.1, 0.15) is 11.9 Å². The molecule has 0 aromatic carbocycles. The number of nitrogens with two attached hydrogens (primary N) is 1. The Balaban J connectivity index is 2.65. The van der Waals surface area contributed by atoms with Crippen molar-refractivity contribution in [3.8, 4) is 0 Å². The molecule has 0 aliphatic carbocycles. The zero-order valence-electron chi connectivity index (χ0n) is 7.05. The number of nitrogens with zero attached hydrogens (tertiary/aromatic N) is 1. The van der Waals surface area contributed by atoms with Gasteiger partial charge in [0, 0.05) is 12.1 Å². The Labute approximate surface area is 77.7 Å². The molecule has 0 saturated carbocycles. The standard InChI is InChI=1S/C8H8F4N2/c9-5-1-2-6(14-4-5)3-7(13)8(10,11)12/h1-2,4,7H,3,13H2. The fourth-order valence-electron chi connectivity index (χ4n) is 0.868. The van der Waals surface area contributed by atoms with Crippen LogP contribution in [0.5, 0.6) is 0 Å². The average molecular weight is 208 g/mol. The quantitative estimate of drug-likeness (QED) is 0.750. The van der Waals surface area contributed by atoms with Gasteiger partial charge < -0.3 is 5.73 Å². The first-order chi connectivity index (χ1) is 6.39. The summed E-state index contributed by atoms with van der Waals surface area (Å²) in [5.41, 5.74) is 4.98. The molecule has 1 heterocycles. The highest BCUT2D eigenvalue weighted by molar-refractivity contribution is 5.07. The van der Waals surface area contributed by atoms with Crippen LogP contribution in [0.15, 0.2) is 18.3 Å². The maximum atomic E-state index is 12.3. The molecule has 1 unspecified atom stereocenters. The van der Waals surface area contributed by atoms with E-state index >= 15 is 0 Å². The third-order valence-corrected chi connectivity index (χ3v) is 1.64. The average Bonchev–Trinajstić information content (AvgIpc) is 2.07. The molecule has 0 bridgehead atoms. The predicted octanol–water partition coefficient (Wildman–Crippen LogP) is 1.65. The van der Waals surface area contributed by atoms with Gasteiger partial charge in [0.2, 0.25) is 0 Å². The van der Waals surface area contributed by atoms with E-state index in [2.05, 4.69) is 4.98 Å². The maximum Gasteiger partial charge on any atom is 0.404 e. The van der Waals surface area contributed by atoms with Crippen molar-refractivity contribution in [2.45, 2.75) is 18.6 Å². The van der Waals surface area contributed by atoms with Crippen molar-refractivity contribution in [2.24, 2.45) is 5.73 Å². The van der Waals surface area contributed by atoms with Crippen LogP contribution < -0.4 is 5.73 Å². The van der Waals surface area contributed by atoms with Crippen molar-refractivity contribution in [3.63, 3.8) is 0 Å². The van der Waals surface area contributed by atoms with Crippen LogP contribution in [0, 0.1) is 5.82 Å². The van der Waals surface area contributed by atoms with E-state index in [1.54, 1.807) is 0 Å². The highest BCUT2D eigenvalue weighted by Gasteiger charge is 2.36. The molecule has 1 rings (SSSR count). The number of alkyl halides is 3. The molecule has 1 aromatic heterocycles. The summed E-state index contributed by atoms with van der Waals surface area (Å²) in [4.78, 5) is 3.48. The van der Waals surface area contributed by atoms with Gasteiger partial charge in [-0.3, -0.25) is 4.98 Å². The van der Waals surface area contributed by atoms with E-state index in [9.17, 15) is 17.6 Å². The fourth-order valence-corrected chi connectivity index (χ4v) is 0.868. The van der Waals surface area contributed by atoms with Crippen LogP contribution in [0.1, 0.15) is 5.69 Å². The summed E-state index contributed by atoms with van der Waals surface area (Å²) in [5, 5.41) is 0. The van der Waals surface area contributed by atoms with Gasteiger partial charge in [-0.2, -0.15) is 13.2 Å². The van der Waals surface area contributed by atoms with Gasteiger partial charge in [-0.15, -0.1) is 0 Å². The lowest BCUT2D eigenvalue weighted by Crippen LogP contribution is -2.39. The zero-order chi connectivity index (χ0) is 10.8. The first kappa shape index (κ1) is 10.9. The second-order valence-corrected chi connectivity index (χ2v) is 2.82. The van der Waals surface area contributed by atoms with Gasteiger partial charge in [-0.25, -0.2) is 4.39 Å². The molecule has 2 nitrogen and oxygen atoms in total. The third kappa shape index (κ3) is 2.95. The molecule has 0 saturated heterocycles. The summed E-state index contributed by atoms with van der Waals surface area (Å²) in [6, 6.07) is 0.271. The number of pyridine rings is 1. The maximum absolute atomic E-state index is 12.3. The summed E-state index contributed by atoms with van der Waals surface area (Å²) in [6.07, 6.45) is -4.03. The monoisotopic (exact) mass is 208 g/mol. The Morgan fingerprint density at radius 2 is 2.00 bits per heavy atom. The molecule has 0 amide bonds. The van der Waals surface area contributed by atoms with Crippen molar-refractivity contribution in [1.29, 1.82) is 0 Å². The van der Waals surface area contributed by atoms with E-state index in [0.29, 0.717) is 0 Å². The Morgan fingerprint density at radius 3 is 2.43 bits per heavy atom. The van der Waals surface area contributed by atoms with E-state index in [4.69, 9.17) is 5.73 Å². The van der Waals surface area contributed by atoms with Crippen molar-refractivity contribution >= 4 is 0 Å². The minimum Gasteiger partial charge on any atom is -0.320 e. The van der Waals surface area contributed by atoms with Crippen LogP contribution in [0.4, 0.5) is 17.6 Å². The van der Waals surface area contributed by atoms with Crippen LogP contribution in [0.25, 0.3) is 0 Å². The second-order valence-electron chi connectivity index (χ2n) is 2.82. The molecular formula is C8H8F4N2. The van der Waals surface area contributed by atoms with Crippen LogP contribution in [-0.4, -0.2) is 17.2 Å². The molecule has 1 aromatic rings. The summed E-state index contributed by atoms with van der Waals surface area (Å²) in [7, 11) is 0. The predicted molar refractivity (Wildman–Crippen MR) is 41.9 cm³/mol. The zero-order valence-corrected chi connectivity index (χ0v) is 7.05. The summed E-state index contributed by atoms with van der Waals surface area (Å²) in [5.74, 6) is -0.589. The van der Waals surface area contributed by atoms with E-state index in [1.807, 2.05) is 0 Å². The number of hydrogen-bond donors (Lipinski definition) is 1. The van der Waals surface area contributed by atoms with Crippen LogP contribution in [0.3, 0.4) is 0 Å². The van der Waals surface area contributed by atoms with Gasteiger partial charge in [0.05, 0.1) is 6.20 Å². The molecule has 78 valence electrons. The van der Waals surface area contributed by atoms with Crippen LogP contribution in [0.2, 0.25) is 0 Å². The molecule has 0 aliphatic heterocycles. The van der Waals surface area contributed by atoms with E-state index in [0.717, 1.165) is 12.3 Å². The molecule has 1 atom stereocenters. The van der Waals surface area contributed by atoms with E-state index < -0.39 is 24.5 Å².